The van der Waals surface area contributed by atoms with E-state index in [4.69, 9.17) is 21.6 Å². The van der Waals surface area contributed by atoms with Crippen LogP contribution in [0.4, 0.5) is 5.69 Å². The molecule has 134 valence electrons. The lowest BCUT2D eigenvalue weighted by molar-refractivity contribution is -0.121. The molecule has 0 fully saturated rings. The van der Waals surface area contributed by atoms with E-state index in [1.165, 1.54) is 4.90 Å². The Kier molecular flexibility index (Phi) is 7.42. The van der Waals surface area contributed by atoms with Crippen molar-refractivity contribution < 1.29 is 14.3 Å². The maximum absolute atomic E-state index is 12.6. The Balaban J connectivity index is 2.11. The molecule has 0 aliphatic rings. The highest BCUT2D eigenvalue weighted by Gasteiger charge is 2.19. The van der Waals surface area contributed by atoms with Crippen LogP contribution in [-0.2, 0) is 9.53 Å². The number of hydrogen-bond acceptors (Lipinski definition) is 4. The van der Waals surface area contributed by atoms with Gasteiger partial charge in [-0.15, -0.1) is 0 Å². The van der Waals surface area contributed by atoms with E-state index in [1.807, 2.05) is 41.7 Å². The second-order valence-corrected chi connectivity index (χ2v) is 7.01. The fraction of sp³-hybridized carbons (Fsp3) is 0.211. The number of anilines is 1. The first kappa shape index (κ1) is 20.2. The molecule has 0 N–H and O–H groups in total. The van der Waals surface area contributed by atoms with Gasteiger partial charge in [-0.3, -0.25) is 4.79 Å². The molecule has 2 aromatic carbocycles. The fourth-order valence-corrected chi connectivity index (χ4v) is 2.99. The van der Waals surface area contributed by atoms with Crippen molar-refractivity contribution in [2.45, 2.75) is 13.3 Å². The van der Waals surface area contributed by atoms with E-state index >= 15 is 0 Å². The Morgan fingerprint density at radius 1 is 1.27 bits per heavy atom. The molecule has 0 saturated heterocycles. The van der Waals surface area contributed by atoms with E-state index in [0.29, 0.717) is 16.3 Å². The fourth-order valence-electron chi connectivity index (χ4n) is 2.27. The summed E-state index contributed by atoms with van der Waals surface area (Å²) in [6.07, 6.45) is 0.165. The van der Waals surface area contributed by atoms with Crippen LogP contribution in [0.3, 0.4) is 0 Å². The maximum atomic E-state index is 12.6. The summed E-state index contributed by atoms with van der Waals surface area (Å²) in [6.45, 7) is 1.63. The molecule has 26 heavy (non-hydrogen) atoms. The molecule has 5 nitrogen and oxygen atoms in total. The quantitative estimate of drug-likeness (QED) is 0.453. The molecule has 1 amide bonds. The van der Waals surface area contributed by atoms with Gasteiger partial charge in [-0.25, -0.2) is 4.79 Å². The van der Waals surface area contributed by atoms with Gasteiger partial charge in [-0.1, -0.05) is 23.7 Å². The molecule has 0 aliphatic carbocycles. The number of carbonyl (C=O) groups is 2. The van der Waals surface area contributed by atoms with E-state index in [1.54, 1.807) is 36.4 Å². The predicted octanol–water partition coefficient (Wildman–Crippen LogP) is 4.36. The molecular weight excluding hydrogens is 467 g/mol. The van der Waals surface area contributed by atoms with E-state index in [-0.39, 0.29) is 13.0 Å². The lowest BCUT2D eigenvalue weighted by Gasteiger charge is -2.22. The third kappa shape index (κ3) is 5.19. The highest BCUT2D eigenvalue weighted by molar-refractivity contribution is 14.1. The molecule has 0 saturated carbocycles. The zero-order chi connectivity index (χ0) is 19.1. The zero-order valence-electron chi connectivity index (χ0n) is 14.0. The number of esters is 1. The Labute approximate surface area is 170 Å². The first-order valence-electron chi connectivity index (χ1n) is 7.79. The first-order valence-corrected chi connectivity index (χ1v) is 9.25. The van der Waals surface area contributed by atoms with Crippen LogP contribution >= 0.6 is 34.2 Å². The van der Waals surface area contributed by atoms with E-state index in [2.05, 4.69) is 0 Å². The second kappa shape index (κ2) is 9.55. The molecule has 0 spiro atoms. The smallest absolute Gasteiger partial charge is 0.339 e. The van der Waals surface area contributed by atoms with Gasteiger partial charge in [0.05, 0.1) is 18.1 Å². The molecular formula is C19H16ClIN2O3. The van der Waals surface area contributed by atoms with Gasteiger partial charge >= 0.3 is 5.97 Å². The monoisotopic (exact) mass is 482 g/mol. The minimum absolute atomic E-state index is 0.165. The van der Waals surface area contributed by atoms with Gasteiger partial charge in [0.1, 0.15) is 0 Å². The topological polar surface area (TPSA) is 70.4 Å². The number of amides is 1. The van der Waals surface area contributed by atoms with Crippen LogP contribution in [0.15, 0.2) is 42.5 Å². The minimum atomic E-state index is -0.559. The van der Waals surface area contributed by atoms with Crippen molar-refractivity contribution in [3.63, 3.8) is 0 Å². The Morgan fingerprint density at radius 2 is 2.00 bits per heavy atom. The lowest BCUT2D eigenvalue weighted by atomic mass is 10.2. The third-order valence-corrected chi connectivity index (χ3v) is 4.99. The Bertz CT molecular complexity index is 864. The average Bonchev–Trinajstić information content (AvgIpc) is 2.63. The number of nitriles is 1. The number of carbonyl (C=O) groups excluding carboxylic acids is 2. The Morgan fingerprint density at radius 3 is 2.65 bits per heavy atom. The molecule has 0 radical (unpaired) electrons. The molecule has 0 aliphatic heterocycles. The van der Waals surface area contributed by atoms with E-state index in [9.17, 15) is 9.59 Å². The standard InChI is InChI=1S/C19H16ClIN2O3/c1-13-11-14(7-8-16(13)20)23(10-4-9-22)18(24)12-26-19(25)15-5-2-3-6-17(15)21/h2-3,5-8,11H,4,10,12H2,1H3. The summed E-state index contributed by atoms with van der Waals surface area (Å²) in [5.74, 6) is -0.961. The molecule has 2 rings (SSSR count). The number of benzene rings is 2. The summed E-state index contributed by atoms with van der Waals surface area (Å²) in [6, 6.07) is 14.2. The van der Waals surface area contributed by atoms with Gasteiger partial charge in [0.2, 0.25) is 0 Å². The van der Waals surface area contributed by atoms with Crippen LogP contribution in [0, 0.1) is 21.8 Å². The highest BCUT2D eigenvalue weighted by Crippen LogP contribution is 2.23. The lowest BCUT2D eigenvalue weighted by Crippen LogP contribution is -2.35. The normalized spacial score (nSPS) is 10.1. The molecule has 0 unspecified atom stereocenters. The van der Waals surface area contributed by atoms with Crippen LogP contribution in [0.2, 0.25) is 5.02 Å². The van der Waals surface area contributed by atoms with Crippen LogP contribution < -0.4 is 4.90 Å². The number of hydrogen-bond donors (Lipinski definition) is 0. The van der Waals surface area contributed by atoms with Crippen molar-refractivity contribution in [1.82, 2.24) is 0 Å². The Hall–Kier alpha value is -2.11. The second-order valence-electron chi connectivity index (χ2n) is 5.44. The van der Waals surface area contributed by atoms with Crippen molar-refractivity contribution in [2.24, 2.45) is 0 Å². The maximum Gasteiger partial charge on any atom is 0.339 e. The molecule has 7 heteroatoms. The molecule has 0 bridgehead atoms. The van der Waals surface area contributed by atoms with E-state index in [0.717, 1.165) is 9.13 Å². The van der Waals surface area contributed by atoms with Gasteiger partial charge in [-0.2, -0.15) is 5.26 Å². The van der Waals surface area contributed by atoms with Crippen LogP contribution in [-0.4, -0.2) is 25.0 Å². The largest absolute Gasteiger partial charge is 0.452 e. The van der Waals surface area contributed by atoms with Gasteiger partial charge in [0, 0.05) is 20.8 Å². The molecule has 2 aromatic rings. The first-order chi connectivity index (χ1) is 12.4. The number of ether oxygens (including phenoxy) is 1. The van der Waals surface area contributed by atoms with Crippen molar-refractivity contribution in [1.29, 1.82) is 5.26 Å². The van der Waals surface area contributed by atoms with Crippen LogP contribution in [0.5, 0.6) is 0 Å². The van der Waals surface area contributed by atoms with Gasteiger partial charge in [0.25, 0.3) is 5.91 Å². The molecule has 0 atom stereocenters. The summed E-state index contributed by atoms with van der Waals surface area (Å²) in [5, 5.41) is 9.43. The SMILES string of the molecule is Cc1cc(N(CCC#N)C(=O)COC(=O)c2ccccc2I)ccc1Cl. The molecule has 0 heterocycles. The number of halogens is 2. The number of nitrogens with zero attached hydrogens (tertiary/aromatic N) is 2. The van der Waals surface area contributed by atoms with Crippen molar-refractivity contribution in [3.05, 3.63) is 62.2 Å². The summed E-state index contributed by atoms with van der Waals surface area (Å²) in [7, 11) is 0. The number of rotatable bonds is 6. The van der Waals surface area contributed by atoms with Crippen LogP contribution in [0.25, 0.3) is 0 Å². The molecule has 0 aromatic heterocycles. The summed E-state index contributed by atoms with van der Waals surface area (Å²) >= 11 is 8.06. The summed E-state index contributed by atoms with van der Waals surface area (Å²) in [5.41, 5.74) is 1.83. The summed E-state index contributed by atoms with van der Waals surface area (Å²) in [4.78, 5) is 26.2. The average molecular weight is 483 g/mol. The van der Waals surface area contributed by atoms with Gasteiger partial charge < -0.3 is 9.64 Å². The van der Waals surface area contributed by atoms with E-state index < -0.39 is 18.5 Å². The van der Waals surface area contributed by atoms with Crippen molar-refractivity contribution in [2.75, 3.05) is 18.1 Å². The third-order valence-electron chi connectivity index (χ3n) is 3.62. The number of aryl methyl sites for hydroxylation is 1. The van der Waals surface area contributed by atoms with Crippen molar-refractivity contribution >= 4 is 51.8 Å². The van der Waals surface area contributed by atoms with Gasteiger partial charge in [-0.05, 0) is 65.4 Å². The van der Waals surface area contributed by atoms with Gasteiger partial charge in [0.15, 0.2) is 6.61 Å². The summed E-state index contributed by atoms with van der Waals surface area (Å²) < 4.78 is 5.91. The van der Waals surface area contributed by atoms with Crippen LogP contribution in [0.1, 0.15) is 22.3 Å². The minimum Gasteiger partial charge on any atom is -0.452 e. The zero-order valence-corrected chi connectivity index (χ0v) is 17.0. The highest BCUT2D eigenvalue weighted by atomic mass is 127. The predicted molar refractivity (Wildman–Crippen MR) is 108 cm³/mol. The van der Waals surface area contributed by atoms with Crippen molar-refractivity contribution in [3.8, 4) is 6.07 Å².